The molecule has 0 atom stereocenters. The van der Waals surface area contributed by atoms with Gasteiger partial charge < -0.3 is 21.8 Å². The highest BCUT2D eigenvalue weighted by Crippen LogP contribution is 2.20. The summed E-state index contributed by atoms with van der Waals surface area (Å²) in [6, 6.07) is 9.83. The van der Waals surface area contributed by atoms with Crippen LogP contribution >= 0.6 is 0 Å². The van der Waals surface area contributed by atoms with Crippen LogP contribution in [0.3, 0.4) is 0 Å². The second-order valence-electron chi connectivity index (χ2n) is 4.62. The van der Waals surface area contributed by atoms with Crippen LogP contribution in [0.15, 0.2) is 30.3 Å². The second kappa shape index (κ2) is 9.56. The average molecular weight is 345 g/mol. The maximum atomic E-state index is 6.36. The van der Waals surface area contributed by atoms with Crippen molar-refractivity contribution in [2.45, 2.75) is 34.2 Å². The lowest BCUT2D eigenvalue weighted by molar-refractivity contribution is 0.0626. The standard InChI is InChI=1S/C15H28O5Si2/c1-6-16-21(5,17-7-2)20-22(18-8-3,19-9-4)15-13-11-10-12-14-15/h10-14H,6-9H2,1-5H3. The summed E-state index contributed by atoms with van der Waals surface area (Å²) in [6.45, 7) is 11.7. The van der Waals surface area contributed by atoms with Crippen molar-refractivity contribution in [2.75, 3.05) is 26.4 Å². The van der Waals surface area contributed by atoms with Crippen LogP contribution in [0.1, 0.15) is 27.7 Å². The van der Waals surface area contributed by atoms with E-state index in [1.165, 1.54) is 0 Å². The molecule has 7 heteroatoms. The molecule has 126 valence electrons. The highest BCUT2D eigenvalue weighted by Gasteiger charge is 2.52. The zero-order valence-electron chi connectivity index (χ0n) is 14.3. The molecule has 0 amide bonds. The van der Waals surface area contributed by atoms with Crippen LogP contribution in [0.5, 0.6) is 0 Å². The van der Waals surface area contributed by atoms with Crippen molar-refractivity contribution in [1.29, 1.82) is 0 Å². The Kier molecular flexibility index (Phi) is 8.47. The summed E-state index contributed by atoms with van der Waals surface area (Å²) in [5.74, 6) is 0. The molecule has 1 rings (SSSR count). The molecule has 0 bridgehead atoms. The Balaban J connectivity index is 3.18. The molecule has 0 aliphatic carbocycles. The molecule has 0 heterocycles. The predicted octanol–water partition coefficient (Wildman–Crippen LogP) is 2.56. The minimum Gasteiger partial charge on any atom is -0.374 e. The van der Waals surface area contributed by atoms with Gasteiger partial charge in [0.15, 0.2) is 0 Å². The van der Waals surface area contributed by atoms with Gasteiger partial charge in [-0.05, 0) is 27.7 Å². The van der Waals surface area contributed by atoms with Crippen molar-refractivity contribution in [2.24, 2.45) is 0 Å². The van der Waals surface area contributed by atoms with Crippen molar-refractivity contribution in [3.8, 4) is 0 Å². The van der Waals surface area contributed by atoms with E-state index in [9.17, 15) is 0 Å². The highest BCUT2D eigenvalue weighted by molar-refractivity contribution is 6.83. The molecule has 1 aromatic carbocycles. The van der Waals surface area contributed by atoms with E-state index in [0.29, 0.717) is 26.4 Å². The first kappa shape index (κ1) is 19.5. The van der Waals surface area contributed by atoms with Crippen molar-refractivity contribution in [1.82, 2.24) is 0 Å². The molecule has 0 radical (unpaired) electrons. The molecular weight excluding hydrogens is 316 g/mol. The van der Waals surface area contributed by atoms with Gasteiger partial charge in [-0.15, -0.1) is 0 Å². The Bertz CT molecular complexity index is 404. The minimum atomic E-state index is -3.07. The molecule has 22 heavy (non-hydrogen) atoms. The quantitative estimate of drug-likeness (QED) is 0.577. The SMILES string of the molecule is CCO[Si](C)(OCC)O[Si](OCC)(OCC)c1ccccc1. The van der Waals surface area contributed by atoms with Crippen LogP contribution in [-0.2, 0) is 21.8 Å². The van der Waals surface area contributed by atoms with Crippen molar-refractivity contribution < 1.29 is 21.8 Å². The van der Waals surface area contributed by atoms with E-state index in [1.807, 2.05) is 64.6 Å². The Morgan fingerprint density at radius 2 is 1.18 bits per heavy atom. The van der Waals surface area contributed by atoms with Gasteiger partial charge in [0.05, 0.1) is 0 Å². The second-order valence-corrected chi connectivity index (χ2v) is 10.0. The molecule has 5 nitrogen and oxygen atoms in total. The number of hydrogen-bond donors (Lipinski definition) is 0. The van der Waals surface area contributed by atoms with Crippen LogP contribution < -0.4 is 5.19 Å². The molecule has 0 saturated heterocycles. The van der Waals surface area contributed by atoms with Crippen LogP contribution in [0, 0.1) is 0 Å². The summed E-state index contributed by atoms with van der Waals surface area (Å²) in [5, 5.41) is 0.928. The average Bonchev–Trinajstić information content (AvgIpc) is 2.49. The first-order chi connectivity index (χ1) is 10.6. The van der Waals surface area contributed by atoms with Crippen LogP contribution in [0.2, 0.25) is 6.55 Å². The summed E-state index contributed by atoms with van der Waals surface area (Å²) in [6.07, 6.45) is 0. The van der Waals surface area contributed by atoms with Crippen molar-refractivity contribution in [3.05, 3.63) is 30.3 Å². The van der Waals surface area contributed by atoms with E-state index in [-0.39, 0.29) is 0 Å². The lowest BCUT2D eigenvalue weighted by atomic mass is 10.4. The van der Waals surface area contributed by atoms with Gasteiger partial charge in [-0.1, -0.05) is 30.3 Å². The molecule has 0 spiro atoms. The van der Waals surface area contributed by atoms with Gasteiger partial charge in [-0.3, -0.25) is 0 Å². The largest absolute Gasteiger partial charge is 0.529 e. The maximum Gasteiger partial charge on any atom is 0.529 e. The lowest BCUT2D eigenvalue weighted by Crippen LogP contribution is -2.64. The zero-order valence-corrected chi connectivity index (χ0v) is 16.3. The lowest BCUT2D eigenvalue weighted by Gasteiger charge is -2.36. The van der Waals surface area contributed by atoms with Gasteiger partial charge >= 0.3 is 17.6 Å². The third-order valence-electron chi connectivity index (χ3n) is 2.93. The van der Waals surface area contributed by atoms with Gasteiger partial charge in [-0.25, -0.2) is 0 Å². The van der Waals surface area contributed by atoms with E-state index >= 15 is 0 Å². The van der Waals surface area contributed by atoms with E-state index in [2.05, 4.69) is 0 Å². The molecule has 1 aromatic rings. The third kappa shape index (κ3) is 5.27. The molecule has 0 fully saturated rings. The van der Waals surface area contributed by atoms with E-state index in [4.69, 9.17) is 21.8 Å². The summed E-state index contributed by atoms with van der Waals surface area (Å²) in [5.41, 5.74) is 0. The van der Waals surface area contributed by atoms with Gasteiger partial charge in [0.1, 0.15) is 0 Å². The zero-order chi connectivity index (χ0) is 16.5. The Labute approximate surface area is 136 Å². The highest BCUT2D eigenvalue weighted by atomic mass is 28.5. The molecule has 0 aliphatic heterocycles. The third-order valence-corrected chi connectivity index (χ3v) is 9.49. The predicted molar refractivity (Wildman–Crippen MR) is 91.0 cm³/mol. The van der Waals surface area contributed by atoms with Gasteiger partial charge in [0.2, 0.25) is 0 Å². The van der Waals surface area contributed by atoms with Crippen molar-refractivity contribution >= 4 is 22.8 Å². The van der Waals surface area contributed by atoms with Gasteiger partial charge in [-0.2, -0.15) is 0 Å². The number of hydrogen-bond acceptors (Lipinski definition) is 5. The minimum absolute atomic E-state index is 0.504. The van der Waals surface area contributed by atoms with Gasteiger partial charge in [0.25, 0.3) is 0 Å². The van der Waals surface area contributed by atoms with Crippen LogP contribution in [-0.4, -0.2) is 44.0 Å². The summed E-state index contributed by atoms with van der Waals surface area (Å²) >= 11 is 0. The maximum absolute atomic E-state index is 6.36. The first-order valence-electron chi connectivity index (χ1n) is 7.87. The smallest absolute Gasteiger partial charge is 0.374 e. The molecule has 0 saturated carbocycles. The normalized spacial score (nSPS) is 12.6. The number of rotatable bonds is 11. The molecular formula is C15H28O5Si2. The fourth-order valence-corrected chi connectivity index (χ4v) is 8.49. The fourth-order valence-electron chi connectivity index (χ4n) is 2.22. The molecule has 0 aliphatic rings. The fraction of sp³-hybridized carbons (Fsp3) is 0.600. The van der Waals surface area contributed by atoms with Crippen molar-refractivity contribution in [3.63, 3.8) is 0 Å². The monoisotopic (exact) mass is 344 g/mol. The van der Waals surface area contributed by atoms with E-state index in [0.717, 1.165) is 5.19 Å². The van der Waals surface area contributed by atoms with E-state index in [1.54, 1.807) is 0 Å². The summed E-state index contributed by atoms with van der Waals surface area (Å²) in [4.78, 5) is 0. The molecule has 0 aromatic heterocycles. The number of benzene rings is 1. The summed E-state index contributed by atoms with van der Waals surface area (Å²) in [7, 11) is -5.90. The van der Waals surface area contributed by atoms with Crippen LogP contribution in [0.4, 0.5) is 0 Å². The van der Waals surface area contributed by atoms with Gasteiger partial charge in [0, 0.05) is 38.2 Å². The Hall–Kier alpha value is -0.546. The Morgan fingerprint density at radius 3 is 1.59 bits per heavy atom. The van der Waals surface area contributed by atoms with Crippen LogP contribution in [0.25, 0.3) is 0 Å². The van der Waals surface area contributed by atoms with E-state index < -0.39 is 17.6 Å². The molecule has 0 N–H and O–H groups in total. The Morgan fingerprint density at radius 1 is 0.727 bits per heavy atom. The summed E-state index contributed by atoms with van der Waals surface area (Å²) < 4.78 is 30.0. The molecule has 0 unspecified atom stereocenters. The first-order valence-corrected chi connectivity index (χ1v) is 11.8. The topological polar surface area (TPSA) is 46.2 Å².